The second kappa shape index (κ2) is 10.1. The summed E-state index contributed by atoms with van der Waals surface area (Å²) in [5, 5.41) is 12.8. The van der Waals surface area contributed by atoms with E-state index >= 15 is 0 Å². The molecule has 0 saturated heterocycles. The van der Waals surface area contributed by atoms with E-state index < -0.39 is 0 Å². The standard InChI is InChI=1S/C48H28N2S/c1-2-10-31-28(9-1)23-43-36(31)20-21-39-38-15-7-8-16-45(38)50(48(39)43)30-18-22-46-41(25-30)42-26-44(49-27-47(42)51-46)29-17-19-37-34-13-4-3-11-32(34)33-12-5-6-14-35(33)40(37)24-29/h1-22,24-27H,23H2. The van der Waals surface area contributed by atoms with E-state index in [9.17, 15) is 0 Å². The lowest BCUT2D eigenvalue weighted by Gasteiger charge is -2.12. The van der Waals surface area contributed by atoms with Crippen LogP contribution in [0.2, 0.25) is 0 Å². The van der Waals surface area contributed by atoms with E-state index in [1.54, 1.807) is 0 Å². The topological polar surface area (TPSA) is 17.8 Å². The number of hydrogen-bond acceptors (Lipinski definition) is 2. The van der Waals surface area contributed by atoms with Gasteiger partial charge < -0.3 is 4.57 Å². The molecule has 3 aromatic heterocycles. The quantitative estimate of drug-likeness (QED) is 0.168. The summed E-state index contributed by atoms with van der Waals surface area (Å²) in [5.41, 5.74) is 11.4. The van der Waals surface area contributed by atoms with Gasteiger partial charge >= 0.3 is 0 Å². The second-order valence-corrected chi connectivity index (χ2v) is 15.0. The van der Waals surface area contributed by atoms with Gasteiger partial charge in [0.2, 0.25) is 0 Å². The Morgan fingerprint density at radius 2 is 1.14 bits per heavy atom. The highest BCUT2D eigenvalue weighted by molar-refractivity contribution is 7.25. The van der Waals surface area contributed by atoms with Crippen molar-refractivity contribution in [3.63, 3.8) is 0 Å². The van der Waals surface area contributed by atoms with Crippen LogP contribution in [-0.4, -0.2) is 9.55 Å². The van der Waals surface area contributed by atoms with E-state index in [-0.39, 0.29) is 0 Å². The fourth-order valence-electron chi connectivity index (χ4n) is 8.99. The molecule has 3 heteroatoms. The first-order valence-electron chi connectivity index (χ1n) is 17.6. The van der Waals surface area contributed by atoms with Gasteiger partial charge in [0.25, 0.3) is 0 Å². The van der Waals surface area contributed by atoms with Gasteiger partial charge in [0.1, 0.15) is 0 Å². The largest absolute Gasteiger partial charge is 0.309 e. The number of benzene rings is 8. The monoisotopic (exact) mass is 664 g/mol. The molecular formula is C48H28N2S. The van der Waals surface area contributed by atoms with Gasteiger partial charge in [-0.1, -0.05) is 115 Å². The number of para-hydroxylation sites is 1. The first-order chi connectivity index (χ1) is 25.3. The van der Waals surface area contributed by atoms with Crippen molar-refractivity contribution >= 4 is 85.6 Å². The third kappa shape index (κ3) is 3.79. The van der Waals surface area contributed by atoms with Gasteiger partial charge in [-0.2, -0.15) is 0 Å². The molecule has 3 heterocycles. The predicted octanol–water partition coefficient (Wildman–Crippen LogP) is 13.2. The summed E-state index contributed by atoms with van der Waals surface area (Å²) in [6, 6.07) is 56.2. The van der Waals surface area contributed by atoms with Crippen LogP contribution in [0.25, 0.3) is 102 Å². The molecule has 0 aliphatic heterocycles. The van der Waals surface area contributed by atoms with Crippen LogP contribution in [0.4, 0.5) is 0 Å². The van der Waals surface area contributed by atoms with Crippen molar-refractivity contribution in [3.8, 4) is 28.1 Å². The molecule has 0 amide bonds. The Kier molecular flexibility index (Phi) is 5.47. The maximum Gasteiger partial charge on any atom is 0.0709 e. The van der Waals surface area contributed by atoms with Crippen molar-refractivity contribution in [1.29, 1.82) is 0 Å². The third-order valence-electron chi connectivity index (χ3n) is 11.3. The molecule has 2 nitrogen and oxygen atoms in total. The number of nitrogens with zero attached hydrogens (tertiary/aromatic N) is 2. The highest BCUT2D eigenvalue weighted by atomic mass is 32.1. The summed E-state index contributed by atoms with van der Waals surface area (Å²) >= 11 is 1.82. The molecule has 1 aliphatic rings. The van der Waals surface area contributed by atoms with E-state index in [4.69, 9.17) is 4.98 Å². The minimum absolute atomic E-state index is 0.953. The number of hydrogen-bond donors (Lipinski definition) is 0. The van der Waals surface area contributed by atoms with E-state index in [1.165, 1.54) is 102 Å². The van der Waals surface area contributed by atoms with E-state index in [0.717, 1.165) is 17.7 Å². The van der Waals surface area contributed by atoms with Gasteiger partial charge in [0.05, 0.1) is 21.4 Å². The van der Waals surface area contributed by atoms with Crippen LogP contribution in [0, 0.1) is 0 Å². The molecule has 0 atom stereocenters. The maximum absolute atomic E-state index is 5.04. The van der Waals surface area contributed by atoms with Crippen LogP contribution in [0.15, 0.2) is 158 Å². The van der Waals surface area contributed by atoms with E-state index in [2.05, 4.69) is 162 Å². The summed E-state index contributed by atoms with van der Waals surface area (Å²) in [6.07, 6.45) is 3.02. The molecule has 1 aliphatic carbocycles. The summed E-state index contributed by atoms with van der Waals surface area (Å²) in [5.74, 6) is 0. The van der Waals surface area contributed by atoms with Gasteiger partial charge in [0.15, 0.2) is 0 Å². The van der Waals surface area contributed by atoms with Crippen LogP contribution >= 0.6 is 11.3 Å². The first-order valence-corrected chi connectivity index (χ1v) is 18.4. The molecule has 0 bridgehead atoms. The van der Waals surface area contributed by atoms with Crippen molar-refractivity contribution in [2.75, 3.05) is 0 Å². The molecule has 0 unspecified atom stereocenters. The van der Waals surface area contributed by atoms with Gasteiger partial charge in [0, 0.05) is 50.1 Å². The fraction of sp³-hybridized carbons (Fsp3) is 0.0208. The SMILES string of the molecule is c1ccc2c(c1)Cc1c-2ccc2c3ccccc3n(-c3ccc4sc5cnc(-c6ccc7c8ccccc8c8ccccc8c7c6)cc5c4c3)c12. The van der Waals surface area contributed by atoms with E-state index in [0.29, 0.717) is 0 Å². The Bertz CT molecular complexity index is 3250. The predicted molar refractivity (Wildman–Crippen MR) is 218 cm³/mol. The summed E-state index contributed by atoms with van der Waals surface area (Å²) in [6.45, 7) is 0. The minimum atomic E-state index is 0.953. The Hall–Kier alpha value is -6.29. The molecule has 11 aromatic rings. The zero-order chi connectivity index (χ0) is 33.2. The highest BCUT2D eigenvalue weighted by Gasteiger charge is 2.25. The van der Waals surface area contributed by atoms with Crippen molar-refractivity contribution in [1.82, 2.24) is 9.55 Å². The molecule has 0 spiro atoms. The normalized spacial score (nSPS) is 12.6. The van der Waals surface area contributed by atoms with Crippen molar-refractivity contribution < 1.29 is 0 Å². The van der Waals surface area contributed by atoms with Crippen LogP contribution in [0.5, 0.6) is 0 Å². The second-order valence-electron chi connectivity index (χ2n) is 13.9. The van der Waals surface area contributed by atoms with E-state index in [1.807, 2.05) is 11.3 Å². The van der Waals surface area contributed by atoms with Crippen molar-refractivity contribution in [2.24, 2.45) is 0 Å². The van der Waals surface area contributed by atoms with Crippen LogP contribution in [-0.2, 0) is 6.42 Å². The van der Waals surface area contributed by atoms with Crippen molar-refractivity contribution in [3.05, 3.63) is 169 Å². The summed E-state index contributed by atoms with van der Waals surface area (Å²) < 4.78 is 5.00. The zero-order valence-electron chi connectivity index (χ0n) is 27.5. The van der Waals surface area contributed by atoms with Gasteiger partial charge in [-0.25, -0.2) is 0 Å². The minimum Gasteiger partial charge on any atom is -0.309 e. The molecule has 51 heavy (non-hydrogen) atoms. The Morgan fingerprint density at radius 3 is 1.96 bits per heavy atom. The zero-order valence-corrected chi connectivity index (χ0v) is 28.3. The average molecular weight is 665 g/mol. The molecule has 0 fully saturated rings. The molecule has 0 saturated carbocycles. The first kappa shape index (κ1) is 27.5. The molecule has 0 N–H and O–H groups in total. The lowest BCUT2D eigenvalue weighted by molar-refractivity contribution is 1.16. The molecule has 12 rings (SSSR count). The van der Waals surface area contributed by atoms with Crippen LogP contribution in [0.1, 0.15) is 11.1 Å². The average Bonchev–Trinajstić information content (AvgIpc) is 3.87. The molecule has 0 radical (unpaired) electrons. The van der Waals surface area contributed by atoms with Crippen molar-refractivity contribution in [2.45, 2.75) is 6.42 Å². The third-order valence-corrected chi connectivity index (χ3v) is 12.4. The Labute approximate surface area is 297 Å². The Balaban J connectivity index is 1.07. The molecule has 236 valence electrons. The number of rotatable bonds is 2. The van der Waals surface area contributed by atoms with Gasteiger partial charge in [-0.15, -0.1) is 11.3 Å². The highest BCUT2D eigenvalue weighted by Crippen LogP contribution is 2.45. The van der Waals surface area contributed by atoms with Gasteiger partial charge in [-0.3, -0.25) is 4.98 Å². The lowest BCUT2D eigenvalue weighted by Crippen LogP contribution is -1.96. The summed E-state index contributed by atoms with van der Waals surface area (Å²) in [7, 11) is 0. The molecular weight excluding hydrogens is 637 g/mol. The van der Waals surface area contributed by atoms with Crippen LogP contribution < -0.4 is 0 Å². The smallest absolute Gasteiger partial charge is 0.0709 e. The van der Waals surface area contributed by atoms with Gasteiger partial charge in [-0.05, 0) is 91.0 Å². The number of fused-ring (bicyclic) bond motifs is 16. The maximum atomic E-state index is 5.04. The number of pyridine rings is 1. The number of thiophene rings is 1. The lowest BCUT2D eigenvalue weighted by atomic mass is 9.93. The molecule has 8 aromatic carbocycles. The Morgan fingerprint density at radius 1 is 0.471 bits per heavy atom. The number of aromatic nitrogens is 2. The summed E-state index contributed by atoms with van der Waals surface area (Å²) in [4.78, 5) is 5.04. The fourth-order valence-corrected chi connectivity index (χ4v) is 10.0. The van der Waals surface area contributed by atoms with Crippen LogP contribution in [0.3, 0.4) is 0 Å².